The predicted octanol–water partition coefficient (Wildman–Crippen LogP) is 3.63. The minimum atomic E-state index is -5.21. The SMILES string of the molecule is Cc1c(N=C(C(=O)C(=O)c2cccs2)C(F)(F)F)c(=O)n(-c2ccccc2)n1C. The van der Waals surface area contributed by atoms with E-state index >= 15 is 0 Å². The van der Waals surface area contributed by atoms with Crippen LogP contribution >= 0.6 is 11.3 Å². The molecule has 0 unspecified atom stereocenters. The van der Waals surface area contributed by atoms with Gasteiger partial charge >= 0.3 is 6.18 Å². The first-order chi connectivity index (χ1) is 13.6. The molecule has 0 radical (unpaired) electrons. The van der Waals surface area contributed by atoms with Gasteiger partial charge in [0.15, 0.2) is 11.4 Å². The number of benzene rings is 1. The lowest BCUT2D eigenvalue weighted by Crippen LogP contribution is -2.36. The maximum atomic E-state index is 13.5. The monoisotopic (exact) mass is 421 g/mol. The molecule has 150 valence electrons. The summed E-state index contributed by atoms with van der Waals surface area (Å²) in [6.07, 6.45) is -5.21. The van der Waals surface area contributed by atoms with Gasteiger partial charge in [-0.3, -0.25) is 19.1 Å². The molecular weight excluding hydrogens is 407 g/mol. The molecule has 0 amide bonds. The van der Waals surface area contributed by atoms with Gasteiger partial charge in [0, 0.05) is 7.05 Å². The molecule has 29 heavy (non-hydrogen) atoms. The van der Waals surface area contributed by atoms with Crippen LogP contribution in [-0.4, -0.2) is 32.8 Å². The van der Waals surface area contributed by atoms with Crippen LogP contribution in [0.4, 0.5) is 18.9 Å². The molecule has 0 atom stereocenters. The molecule has 0 fully saturated rings. The van der Waals surface area contributed by atoms with Gasteiger partial charge in [-0.15, -0.1) is 11.3 Å². The van der Waals surface area contributed by atoms with E-state index in [1.807, 2.05) is 0 Å². The van der Waals surface area contributed by atoms with Crippen LogP contribution < -0.4 is 5.56 Å². The summed E-state index contributed by atoms with van der Waals surface area (Å²) in [5.41, 5.74) is -2.80. The van der Waals surface area contributed by atoms with Crippen molar-refractivity contribution in [3.8, 4) is 5.69 Å². The predicted molar refractivity (Wildman–Crippen MR) is 103 cm³/mol. The zero-order valence-electron chi connectivity index (χ0n) is 15.2. The number of hydrogen-bond acceptors (Lipinski definition) is 5. The van der Waals surface area contributed by atoms with E-state index in [9.17, 15) is 27.6 Å². The van der Waals surface area contributed by atoms with Gasteiger partial charge in [-0.1, -0.05) is 24.3 Å². The van der Waals surface area contributed by atoms with Gasteiger partial charge in [0.2, 0.25) is 5.78 Å². The molecule has 0 aliphatic carbocycles. The molecule has 2 aromatic heterocycles. The highest BCUT2D eigenvalue weighted by Gasteiger charge is 2.44. The summed E-state index contributed by atoms with van der Waals surface area (Å²) >= 11 is 0.841. The second kappa shape index (κ2) is 7.63. The molecular formula is C19H14F3N3O3S. The van der Waals surface area contributed by atoms with Crippen LogP contribution in [0.5, 0.6) is 0 Å². The Morgan fingerprint density at radius 2 is 1.72 bits per heavy atom. The van der Waals surface area contributed by atoms with Crippen molar-refractivity contribution >= 4 is 34.3 Å². The smallest absolute Gasteiger partial charge is 0.284 e. The third-order valence-corrected chi connectivity index (χ3v) is 5.05. The number of ketones is 2. The maximum absolute atomic E-state index is 13.5. The lowest BCUT2D eigenvalue weighted by atomic mass is 10.1. The number of hydrogen-bond donors (Lipinski definition) is 0. The Morgan fingerprint density at radius 3 is 2.28 bits per heavy atom. The Bertz CT molecular complexity index is 1160. The van der Waals surface area contributed by atoms with Crippen molar-refractivity contribution in [2.75, 3.05) is 0 Å². The van der Waals surface area contributed by atoms with Gasteiger partial charge in [0.05, 0.1) is 16.3 Å². The fourth-order valence-electron chi connectivity index (χ4n) is 2.66. The summed E-state index contributed by atoms with van der Waals surface area (Å²) in [6.45, 7) is 1.40. The lowest BCUT2D eigenvalue weighted by molar-refractivity contribution is -0.113. The van der Waals surface area contributed by atoms with E-state index in [1.165, 1.54) is 36.2 Å². The van der Waals surface area contributed by atoms with Crippen LogP contribution in [0, 0.1) is 6.92 Å². The van der Waals surface area contributed by atoms with Gasteiger partial charge in [0.25, 0.3) is 11.3 Å². The van der Waals surface area contributed by atoms with E-state index in [0.717, 1.165) is 16.0 Å². The molecule has 10 heteroatoms. The zero-order valence-corrected chi connectivity index (χ0v) is 16.0. The van der Waals surface area contributed by atoms with Crippen LogP contribution in [0.3, 0.4) is 0 Å². The Kier molecular flexibility index (Phi) is 5.38. The highest BCUT2D eigenvalue weighted by atomic mass is 32.1. The Morgan fingerprint density at radius 1 is 1.07 bits per heavy atom. The molecule has 2 heterocycles. The fraction of sp³-hybridized carbons (Fsp3) is 0.158. The van der Waals surface area contributed by atoms with Gasteiger partial charge in [0.1, 0.15) is 0 Å². The Labute approximate surface area is 166 Å². The highest BCUT2D eigenvalue weighted by Crippen LogP contribution is 2.25. The summed E-state index contributed by atoms with van der Waals surface area (Å²) in [6, 6.07) is 10.9. The summed E-state index contributed by atoms with van der Waals surface area (Å²) in [7, 11) is 1.48. The number of nitrogens with zero attached hydrogens (tertiary/aromatic N) is 3. The third kappa shape index (κ3) is 3.83. The van der Waals surface area contributed by atoms with Gasteiger partial charge < -0.3 is 0 Å². The Balaban J connectivity index is 2.16. The fourth-order valence-corrected chi connectivity index (χ4v) is 3.33. The number of alkyl halides is 3. The molecule has 0 spiro atoms. The first-order valence-electron chi connectivity index (χ1n) is 8.25. The summed E-state index contributed by atoms with van der Waals surface area (Å²) in [5, 5.41) is 1.46. The van der Waals surface area contributed by atoms with E-state index in [1.54, 1.807) is 30.3 Å². The lowest BCUT2D eigenvalue weighted by Gasteiger charge is -2.08. The van der Waals surface area contributed by atoms with Crippen LogP contribution in [0.15, 0.2) is 57.6 Å². The molecule has 0 saturated carbocycles. The minimum Gasteiger partial charge on any atom is -0.284 e. The van der Waals surface area contributed by atoms with Crippen LogP contribution in [-0.2, 0) is 11.8 Å². The van der Waals surface area contributed by atoms with Crippen molar-refractivity contribution in [2.45, 2.75) is 13.1 Å². The van der Waals surface area contributed by atoms with Gasteiger partial charge in [-0.2, -0.15) is 13.2 Å². The van der Waals surface area contributed by atoms with Crippen molar-refractivity contribution in [2.24, 2.45) is 12.0 Å². The van der Waals surface area contributed by atoms with E-state index in [0.29, 0.717) is 5.69 Å². The third-order valence-electron chi connectivity index (χ3n) is 4.18. The van der Waals surface area contributed by atoms with E-state index < -0.39 is 34.7 Å². The molecule has 0 saturated heterocycles. The average molecular weight is 421 g/mol. The second-order valence-corrected chi connectivity index (χ2v) is 6.95. The van der Waals surface area contributed by atoms with Crippen molar-refractivity contribution in [3.63, 3.8) is 0 Å². The molecule has 1 aromatic carbocycles. The topological polar surface area (TPSA) is 73.4 Å². The quantitative estimate of drug-likeness (QED) is 0.359. The van der Waals surface area contributed by atoms with Crippen LogP contribution in [0.25, 0.3) is 5.69 Å². The van der Waals surface area contributed by atoms with Gasteiger partial charge in [-0.05, 0) is 30.5 Å². The molecule has 3 aromatic rings. The molecule has 0 N–H and O–H groups in total. The summed E-state index contributed by atoms with van der Waals surface area (Å²) < 4.78 is 43.1. The number of rotatable bonds is 5. The molecule has 0 bridgehead atoms. The number of aromatic nitrogens is 2. The van der Waals surface area contributed by atoms with Crippen LogP contribution in [0.1, 0.15) is 15.4 Å². The van der Waals surface area contributed by atoms with Crippen molar-refractivity contribution in [1.82, 2.24) is 9.36 Å². The normalized spacial score (nSPS) is 12.2. The number of aliphatic imine (C=N–C) groups is 1. The first-order valence-corrected chi connectivity index (χ1v) is 9.13. The van der Waals surface area contributed by atoms with E-state index in [4.69, 9.17) is 0 Å². The van der Waals surface area contributed by atoms with E-state index in [2.05, 4.69) is 4.99 Å². The van der Waals surface area contributed by atoms with Crippen molar-refractivity contribution in [1.29, 1.82) is 0 Å². The number of carbonyl (C=O) groups excluding carboxylic acids is 2. The number of thiophene rings is 1. The van der Waals surface area contributed by atoms with Crippen molar-refractivity contribution in [3.05, 3.63) is 68.8 Å². The zero-order chi connectivity index (χ0) is 21.3. The second-order valence-electron chi connectivity index (χ2n) is 6.00. The molecule has 0 aliphatic heterocycles. The van der Waals surface area contributed by atoms with E-state index in [-0.39, 0.29) is 10.6 Å². The molecule has 3 rings (SSSR count). The summed E-state index contributed by atoms with van der Waals surface area (Å²) in [4.78, 5) is 40.4. The van der Waals surface area contributed by atoms with Gasteiger partial charge in [-0.25, -0.2) is 9.67 Å². The van der Waals surface area contributed by atoms with Crippen molar-refractivity contribution < 1.29 is 22.8 Å². The first kappa shape index (κ1) is 20.5. The molecule has 0 aliphatic rings. The number of Topliss-reactive ketones (excluding diaryl/α,β-unsaturated/α-hetero) is 2. The maximum Gasteiger partial charge on any atom is 0.437 e. The highest BCUT2D eigenvalue weighted by molar-refractivity contribution is 7.13. The largest absolute Gasteiger partial charge is 0.437 e. The summed E-state index contributed by atoms with van der Waals surface area (Å²) in [5.74, 6) is -3.14. The number of para-hydroxylation sites is 1. The standard InChI is InChI=1S/C19H14F3N3O3S/c1-11-14(18(28)25(24(11)2)12-7-4-3-5-8-12)23-17(19(20,21)22)16(27)15(26)13-9-6-10-29-13/h3-10H,1-2H3. The number of carbonyl (C=O) groups is 2. The Hall–Kier alpha value is -3.27. The molecule has 6 nitrogen and oxygen atoms in total. The number of halogens is 3. The average Bonchev–Trinajstić information content (AvgIpc) is 3.27. The minimum absolute atomic E-state index is 0.108. The van der Waals surface area contributed by atoms with Crippen LogP contribution in [0.2, 0.25) is 0 Å².